The van der Waals surface area contributed by atoms with Crippen LogP contribution in [0.25, 0.3) is 16.0 Å². The van der Waals surface area contributed by atoms with Gasteiger partial charge in [0.25, 0.3) is 43.0 Å². The topological polar surface area (TPSA) is 420 Å². The number of aryl methyl sites for hydroxylation is 1. The molecule has 0 bridgehead atoms. The molecule has 6 fully saturated rings. The number of hydrogen-bond donors (Lipinski definition) is 3. The molecule has 1 aromatic carbocycles. The van der Waals surface area contributed by atoms with Crippen LogP contribution in [-0.2, 0) is 92.1 Å². The SMILES string of the molecule is C=C1NC(=O)C=CN1[C@@H]1O[C@H](C2CC2P(C)(=O)OCC)C(OP(OCCC#N)N(C(C)C)C(C)C)[C@@H]1OC.CCCO[C@H]1C(OP(OCCC#N)N(C(C)C)C(C)C)[C@@H](C2CC2P(=O)(OC)OC)O[C@H]1n1cc(C)c(=O)[nH]c1=O.[C-]#[N+]CCOP(OC1[C@@H](C2CC2P(C)(=O)OCC)O[C@@H](n2cnc3c(NC(=O)c4ccccc4)ncnc32)[C@H]1OC)N(C(C)C)C(C)C. The summed E-state index contributed by atoms with van der Waals surface area (Å²) in [4.78, 5) is 70.8. The highest BCUT2D eigenvalue weighted by Crippen LogP contribution is 2.69. The number of H-pyrrole nitrogens is 1. The van der Waals surface area contributed by atoms with Gasteiger partial charge in [0, 0.05) is 143 Å². The molecule has 3 saturated heterocycles. The maximum Gasteiger partial charge on any atom is 0.333 e. The molecule has 4 aromatic rings. The van der Waals surface area contributed by atoms with Crippen molar-refractivity contribution in [2.75, 3.05) is 93.3 Å². The fourth-order valence-corrected chi connectivity index (χ4v) is 28.2. The van der Waals surface area contributed by atoms with E-state index in [0.717, 1.165) is 0 Å². The molecule has 7 aliphatic rings. The highest BCUT2D eigenvalue weighted by atomic mass is 31.2. The van der Waals surface area contributed by atoms with Crippen LogP contribution in [0.2, 0.25) is 0 Å². The highest BCUT2D eigenvalue weighted by Gasteiger charge is 2.66. The van der Waals surface area contributed by atoms with Gasteiger partial charge in [-0.15, -0.1) is 0 Å². The second-order valence-corrected chi connectivity index (χ2v) is 45.7. The van der Waals surface area contributed by atoms with Gasteiger partial charge in [0.2, 0.25) is 21.3 Å². The van der Waals surface area contributed by atoms with Gasteiger partial charge < -0.3 is 94.0 Å². The van der Waals surface area contributed by atoms with E-state index < -0.39 is 138 Å². The van der Waals surface area contributed by atoms with Gasteiger partial charge >= 0.3 is 13.3 Å². The average Bonchev–Trinajstić information content (AvgIpc) is 1.59. The van der Waals surface area contributed by atoms with Gasteiger partial charge in [-0.05, 0) is 142 Å². The molecular weight excluding hydrogens is 1760 g/mol. The number of fused-ring (bicyclic) bond motifs is 1. The minimum absolute atomic E-state index is 0.0510. The first-order valence-electron chi connectivity index (χ1n) is 43.2. The zero-order chi connectivity index (χ0) is 93.3. The quantitative estimate of drug-likeness (QED) is 0.0210. The molecule has 127 heavy (non-hydrogen) atoms. The van der Waals surface area contributed by atoms with Crippen molar-refractivity contribution >= 4 is 76.7 Å². The summed E-state index contributed by atoms with van der Waals surface area (Å²) in [6.07, 6.45) is 2.49. The van der Waals surface area contributed by atoms with Crippen LogP contribution in [0, 0.1) is 53.9 Å². The summed E-state index contributed by atoms with van der Waals surface area (Å²) < 4.78 is 149. The van der Waals surface area contributed by atoms with Crippen molar-refractivity contribution in [1.82, 2.24) is 53.3 Å². The van der Waals surface area contributed by atoms with Crippen LogP contribution in [0.15, 0.2) is 83.4 Å². The van der Waals surface area contributed by atoms with Gasteiger partial charge in [0.1, 0.15) is 55.4 Å². The maximum atomic E-state index is 13.5. The van der Waals surface area contributed by atoms with E-state index in [1.165, 1.54) is 37.4 Å². The van der Waals surface area contributed by atoms with Gasteiger partial charge in [-0.25, -0.2) is 40.3 Å². The Morgan fingerprint density at radius 1 is 0.646 bits per heavy atom. The van der Waals surface area contributed by atoms with Crippen molar-refractivity contribution in [2.45, 2.75) is 276 Å². The number of carbonyl (C=O) groups excluding carboxylic acids is 2. The third kappa shape index (κ3) is 25.9. The molecule has 706 valence electrons. The van der Waals surface area contributed by atoms with E-state index >= 15 is 0 Å². The second-order valence-electron chi connectivity index (χ2n) is 33.5. The average molecular weight is 1890 g/mol. The van der Waals surface area contributed by atoms with E-state index in [-0.39, 0.29) is 122 Å². The summed E-state index contributed by atoms with van der Waals surface area (Å²) in [5.74, 6) is -0.421. The van der Waals surface area contributed by atoms with Crippen molar-refractivity contribution in [3.63, 3.8) is 0 Å². The summed E-state index contributed by atoms with van der Waals surface area (Å²) in [5.41, 5.74) is -0.244. The van der Waals surface area contributed by atoms with E-state index in [2.05, 4.69) is 124 Å². The second kappa shape index (κ2) is 47.8. The molecule has 2 amide bonds. The number of nitriles is 2. The van der Waals surface area contributed by atoms with Gasteiger partial charge in [-0.3, -0.25) is 42.2 Å². The molecule has 3 aromatic heterocycles. The predicted molar refractivity (Wildman–Crippen MR) is 481 cm³/mol. The number of benzene rings is 1. The van der Waals surface area contributed by atoms with Gasteiger partial charge in [0.15, 0.2) is 35.7 Å². The molecule has 4 aliphatic heterocycles. The number of methoxy groups -OCH3 is 2. The number of aromatic nitrogens is 6. The van der Waals surface area contributed by atoms with Crippen molar-refractivity contribution < 1.29 is 96.9 Å². The molecule has 44 heteroatoms. The molecule has 3 N–H and O–H groups in total. The number of carbonyl (C=O) groups is 2. The Bertz CT molecular complexity index is 4690. The van der Waals surface area contributed by atoms with Gasteiger partial charge in [-0.2, -0.15) is 10.5 Å². The summed E-state index contributed by atoms with van der Waals surface area (Å²) >= 11 is 0. The van der Waals surface area contributed by atoms with Crippen LogP contribution in [0.5, 0.6) is 0 Å². The third-order valence-electron chi connectivity index (χ3n) is 22.5. The lowest BCUT2D eigenvalue weighted by molar-refractivity contribution is -0.118. The number of ether oxygens (including phenoxy) is 6. The number of rotatable bonds is 46. The normalized spacial score (nSPS) is 27.9. The van der Waals surface area contributed by atoms with Crippen LogP contribution in [0.4, 0.5) is 5.82 Å². The Balaban J connectivity index is 0.000000217. The molecule has 3 aliphatic carbocycles. The fourth-order valence-electron chi connectivity index (χ4n) is 16.7. The van der Waals surface area contributed by atoms with Crippen molar-refractivity contribution in [2.24, 2.45) is 17.8 Å². The molecular formula is C83H131N15O23P6. The molecule has 14 unspecified atom stereocenters. The first kappa shape index (κ1) is 105. The predicted octanol–water partition coefficient (Wildman–Crippen LogP) is 14.2. The highest BCUT2D eigenvalue weighted by molar-refractivity contribution is 7.59. The van der Waals surface area contributed by atoms with Crippen LogP contribution in [-0.4, -0.2) is 262 Å². The molecule has 7 heterocycles. The number of amides is 2. The Morgan fingerprint density at radius 2 is 1.10 bits per heavy atom. The standard InChI is InChI=1S/C32H45N7O7P2.C26H44N4O9P2.C25H42N4O7P2/c1-9-44-48(8,41)24-17-23(24)26-27(46-47(43-16-15-33-6)39(20(2)3)21(4)5)28(42-7)32(45-26)38-19-36-25-29(34-18-35-30(25)38)37-31(40)22-13-11-10-12-14-22;1-9-12-36-23-22(39-40(37-13-10-11-27)30(16(2)3)17(4)5)21(19-14-20(19)41(33,34-7)35-8)38-25(23)29-15-18(6)24(31)28-26(29)32;1-9-34-38(8,31)20-15-19(20)22-23(36-37(33-14-10-12-26)29(16(2)3)17(4)5)24(32-7)25(35-22)28-13-11-21(30)27-18(28)6/h10-14,18-21,23-24,26-28,32H,9,15-17H2,1-5,7-8H3,(H,34,35,37,40);15-17,19-23,25H,9-10,12-14H2,1-8H3,(H,28,31,32);11,13,16-17,19-20,22-25H,6,9-10,14-15H2,1-5,7-8H3,(H,27,30)/t23?,24?,26-,27?,28+,32-,47?,48?;19?,20?,21-,22?,23+,25-,40?;19?,20?,22-,23?,24+,25-,37?,38?/m111/s1. The Kier molecular flexibility index (Phi) is 39.6. The molecule has 23 atom stereocenters. The minimum Gasteiger partial charge on any atom is -0.374 e. The zero-order valence-electron chi connectivity index (χ0n) is 77.0. The number of imidazole rings is 1. The lowest BCUT2D eigenvalue weighted by Gasteiger charge is -2.38. The van der Waals surface area contributed by atoms with Crippen LogP contribution >= 0.6 is 47.9 Å². The Hall–Kier alpha value is -5.64. The summed E-state index contributed by atoms with van der Waals surface area (Å²) in [6, 6.07) is 13.6. The number of anilines is 1. The lowest BCUT2D eigenvalue weighted by Crippen LogP contribution is -2.47. The fraction of sp³-hybridized carbons (Fsp3) is 0.711. The lowest BCUT2D eigenvalue weighted by atomic mass is 10.1. The Labute approximate surface area is 750 Å². The first-order chi connectivity index (χ1) is 60.4. The van der Waals surface area contributed by atoms with E-state index in [1.807, 2.05) is 54.5 Å². The van der Waals surface area contributed by atoms with Crippen LogP contribution in [0.3, 0.4) is 0 Å². The smallest absolute Gasteiger partial charge is 0.333 e. The van der Waals surface area contributed by atoms with E-state index in [9.17, 15) is 32.9 Å². The molecule has 38 nitrogen and oxygen atoms in total. The van der Waals surface area contributed by atoms with E-state index in [0.29, 0.717) is 73.6 Å². The largest absolute Gasteiger partial charge is 0.374 e. The number of hydrogen-bond acceptors (Lipinski definition) is 32. The molecule has 3 saturated carbocycles. The number of nitrogens with one attached hydrogen (secondary N) is 3. The molecule has 0 spiro atoms. The summed E-state index contributed by atoms with van der Waals surface area (Å²) in [5, 5.41) is 23.8. The third-order valence-corrected chi connectivity index (χ3v) is 36.4. The van der Waals surface area contributed by atoms with Crippen LogP contribution in [0.1, 0.15) is 171 Å². The van der Waals surface area contributed by atoms with Crippen LogP contribution < -0.4 is 21.9 Å². The van der Waals surface area contributed by atoms with Gasteiger partial charge in [0.05, 0.1) is 81.7 Å². The number of nitrogens with zero attached hydrogens (tertiary/aromatic N) is 12. The molecule has 0 radical (unpaired) electrons. The maximum absolute atomic E-state index is 13.5. The summed E-state index contributed by atoms with van der Waals surface area (Å²) in [6.45, 7) is 48.5. The first-order valence-corrected chi connectivity index (χ1v) is 52.5. The van der Waals surface area contributed by atoms with Crippen molar-refractivity contribution in [3.05, 3.63) is 117 Å². The molecule has 11 rings (SSSR count). The Morgan fingerprint density at radius 3 is 1.55 bits per heavy atom. The zero-order valence-corrected chi connectivity index (χ0v) is 82.3. The monoisotopic (exact) mass is 1890 g/mol. The summed E-state index contributed by atoms with van der Waals surface area (Å²) in [7, 11) is -8.21. The van der Waals surface area contributed by atoms with E-state index in [4.69, 9.17) is 90.8 Å². The van der Waals surface area contributed by atoms with Crippen molar-refractivity contribution in [1.29, 1.82) is 10.5 Å². The number of aromatic amines is 1. The minimum atomic E-state index is -3.40. The van der Waals surface area contributed by atoms with Crippen molar-refractivity contribution in [3.8, 4) is 12.1 Å². The van der Waals surface area contributed by atoms with Gasteiger partial charge in [-0.1, -0.05) is 31.7 Å². The van der Waals surface area contributed by atoms with E-state index in [1.54, 1.807) is 80.7 Å².